The van der Waals surface area contributed by atoms with Gasteiger partial charge in [0.25, 0.3) is 10.0 Å². The molecule has 10 nitrogen and oxygen atoms in total. The Balaban J connectivity index is 1.75. The summed E-state index contributed by atoms with van der Waals surface area (Å²) in [7, 11) is -0.786. The summed E-state index contributed by atoms with van der Waals surface area (Å²) in [6.45, 7) is 1.59. The Kier molecular flexibility index (Phi) is 5.28. The summed E-state index contributed by atoms with van der Waals surface area (Å²) in [5.74, 6) is -0.460. The summed E-state index contributed by atoms with van der Waals surface area (Å²) < 4.78 is 38.3. The maximum Gasteiger partial charge on any atom is 0.323 e. The first-order chi connectivity index (χ1) is 18.2. The average molecular weight is 530 g/mol. The minimum absolute atomic E-state index is 0.112. The molecule has 0 atom stereocenters. The summed E-state index contributed by atoms with van der Waals surface area (Å²) >= 11 is 0. The molecule has 2 aromatic carbocycles. The van der Waals surface area contributed by atoms with Gasteiger partial charge in [0.05, 0.1) is 29.4 Å². The van der Waals surface area contributed by atoms with Crippen molar-refractivity contribution < 1.29 is 23.1 Å². The Labute approximate surface area is 217 Å². The zero-order valence-corrected chi connectivity index (χ0v) is 21.6. The molecular weight excluding hydrogens is 506 g/mol. The normalized spacial score (nSPS) is 12.1. The second kappa shape index (κ2) is 8.45. The van der Waals surface area contributed by atoms with Crippen LogP contribution in [0.5, 0.6) is 5.75 Å². The molecular formula is C27H23N5O5S. The molecule has 38 heavy (non-hydrogen) atoms. The van der Waals surface area contributed by atoms with E-state index < -0.39 is 16.0 Å². The Morgan fingerprint density at radius 2 is 1.82 bits per heavy atom. The predicted octanol–water partition coefficient (Wildman–Crippen LogP) is 4.18. The van der Waals surface area contributed by atoms with Gasteiger partial charge in [-0.3, -0.25) is 9.48 Å². The number of methoxy groups -OCH3 is 1. The van der Waals surface area contributed by atoms with E-state index in [0.717, 1.165) is 16.5 Å². The van der Waals surface area contributed by atoms with Gasteiger partial charge in [-0.15, -0.1) is 0 Å². The van der Waals surface area contributed by atoms with Gasteiger partial charge >= 0.3 is 5.97 Å². The summed E-state index contributed by atoms with van der Waals surface area (Å²) in [5, 5.41) is 15.9. The number of carboxylic acid groups (broad SMARTS) is 1. The highest BCUT2D eigenvalue weighted by atomic mass is 32.2. The zero-order valence-electron chi connectivity index (χ0n) is 20.8. The van der Waals surface area contributed by atoms with Gasteiger partial charge in [-0.05, 0) is 43.3 Å². The van der Waals surface area contributed by atoms with Gasteiger partial charge in [0.2, 0.25) is 0 Å². The van der Waals surface area contributed by atoms with Crippen molar-refractivity contribution in [1.82, 2.24) is 23.3 Å². The SMILES string of the molecule is COc1ccc2c(c1)c(-c1cc3c4c(cnc3n1S(=O)(=O)c1ccc(C)cc1)cnn4C)cn2CC(=O)O. The number of nitrogens with zero attached hydrogens (tertiary/aromatic N) is 5. The maximum atomic E-state index is 14.2. The predicted molar refractivity (Wildman–Crippen MR) is 143 cm³/mol. The van der Waals surface area contributed by atoms with Crippen molar-refractivity contribution in [2.24, 2.45) is 7.05 Å². The van der Waals surface area contributed by atoms with Crippen LogP contribution in [0.3, 0.4) is 0 Å². The summed E-state index contributed by atoms with van der Waals surface area (Å²) in [5.41, 5.74) is 3.43. The fourth-order valence-corrected chi connectivity index (χ4v) is 6.39. The van der Waals surface area contributed by atoms with E-state index in [2.05, 4.69) is 10.1 Å². The van der Waals surface area contributed by atoms with Crippen LogP contribution in [0, 0.1) is 6.92 Å². The fourth-order valence-electron chi connectivity index (χ4n) is 4.92. The van der Waals surface area contributed by atoms with Gasteiger partial charge in [0.15, 0.2) is 5.65 Å². The van der Waals surface area contributed by atoms with Crippen LogP contribution in [0.4, 0.5) is 0 Å². The first-order valence-corrected chi connectivity index (χ1v) is 13.2. The molecule has 11 heteroatoms. The van der Waals surface area contributed by atoms with Crippen molar-refractivity contribution in [3.8, 4) is 17.0 Å². The highest BCUT2D eigenvalue weighted by Crippen LogP contribution is 2.39. The van der Waals surface area contributed by atoms with Gasteiger partial charge < -0.3 is 14.4 Å². The Morgan fingerprint density at radius 1 is 1.05 bits per heavy atom. The number of benzene rings is 2. The second-order valence-electron chi connectivity index (χ2n) is 9.13. The quantitative estimate of drug-likeness (QED) is 0.343. The van der Waals surface area contributed by atoms with Crippen LogP contribution in [-0.2, 0) is 28.4 Å². The van der Waals surface area contributed by atoms with E-state index in [1.807, 2.05) is 6.92 Å². The third-order valence-electron chi connectivity index (χ3n) is 6.71. The molecule has 0 fully saturated rings. The number of hydrogen-bond acceptors (Lipinski definition) is 6. The highest BCUT2D eigenvalue weighted by Gasteiger charge is 2.28. The van der Waals surface area contributed by atoms with Crippen LogP contribution < -0.4 is 4.74 Å². The molecule has 1 N–H and O–H groups in total. The van der Waals surface area contributed by atoms with Crippen molar-refractivity contribution in [1.29, 1.82) is 0 Å². The minimum Gasteiger partial charge on any atom is -0.497 e. The van der Waals surface area contributed by atoms with Crippen LogP contribution >= 0.6 is 0 Å². The number of ether oxygens (including phenoxy) is 1. The third kappa shape index (κ3) is 3.54. The number of aliphatic carboxylic acids is 1. The minimum atomic E-state index is -4.11. The van der Waals surface area contributed by atoms with E-state index >= 15 is 0 Å². The van der Waals surface area contributed by atoms with Crippen LogP contribution in [0.15, 0.2) is 72.0 Å². The molecule has 0 unspecified atom stereocenters. The summed E-state index contributed by atoms with van der Waals surface area (Å²) in [6.07, 6.45) is 4.94. The first kappa shape index (κ1) is 23.7. The third-order valence-corrected chi connectivity index (χ3v) is 8.43. The molecule has 0 bridgehead atoms. The van der Waals surface area contributed by atoms with Crippen molar-refractivity contribution in [3.05, 3.63) is 72.7 Å². The van der Waals surface area contributed by atoms with E-state index in [0.29, 0.717) is 33.3 Å². The van der Waals surface area contributed by atoms with Crippen molar-refractivity contribution in [2.75, 3.05) is 7.11 Å². The van der Waals surface area contributed by atoms with Gasteiger partial charge in [-0.2, -0.15) is 5.10 Å². The van der Waals surface area contributed by atoms with Gasteiger partial charge in [-0.1, -0.05) is 17.7 Å². The van der Waals surface area contributed by atoms with Crippen molar-refractivity contribution >= 4 is 48.8 Å². The topological polar surface area (TPSA) is 121 Å². The Hall–Kier alpha value is -4.64. The molecule has 0 saturated heterocycles. The van der Waals surface area contributed by atoms with Gasteiger partial charge in [0, 0.05) is 46.7 Å². The molecule has 0 aliphatic rings. The molecule has 0 amide bonds. The lowest BCUT2D eigenvalue weighted by Gasteiger charge is -2.12. The fraction of sp³-hybridized carbons (Fsp3) is 0.148. The monoisotopic (exact) mass is 529 g/mol. The average Bonchev–Trinajstić information content (AvgIpc) is 3.57. The largest absolute Gasteiger partial charge is 0.497 e. The molecule has 0 saturated carbocycles. The molecule has 4 heterocycles. The van der Waals surface area contributed by atoms with Crippen LogP contribution in [0.1, 0.15) is 5.56 Å². The van der Waals surface area contributed by atoms with Gasteiger partial charge in [0.1, 0.15) is 12.3 Å². The molecule has 0 aliphatic carbocycles. The number of aryl methyl sites for hydroxylation is 2. The van der Waals surface area contributed by atoms with E-state index in [9.17, 15) is 18.3 Å². The lowest BCUT2D eigenvalue weighted by molar-refractivity contribution is -0.137. The lowest BCUT2D eigenvalue weighted by Crippen LogP contribution is -2.14. The molecule has 6 rings (SSSR count). The van der Waals surface area contributed by atoms with E-state index in [1.165, 1.54) is 11.1 Å². The zero-order chi connectivity index (χ0) is 26.8. The number of aromatic nitrogens is 5. The highest BCUT2D eigenvalue weighted by molar-refractivity contribution is 7.90. The number of fused-ring (bicyclic) bond motifs is 4. The Bertz CT molecular complexity index is 2000. The number of hydrogen-bond donors (Lipinski definition) is 1. The van der Waals surface area contributed by atoms with Crippen LogP contribution in [0.25, 0.3) is 44.1 Å². The molecule has 4 aromatic heterocycles. The smallest absolute Gasteiger partial charge is 0.323 e. The molecule has 6 aromatic rings. The van der Waals surface area contributed by atoms with E-state index in [4.69, 9.17) is 4.74 Å². The number of rotatable bonds is 6. The number of carboxylic acids is 1. The van der Waals surface area contributed by atoms with Crippen LogP contribution in [-0.4, -0.2) is 49.9 Å². The van der Waals surface area contributed by atoms with E-state index in [-0.39, 0.29) is 17.1 Å². The number of pyridine rings is 1. The molecule has 192 valence electrons. The molecule has 0 spiro atoms. The summed E-state index contributed by atoms with van der Waals surface area (Å²) in [6, 6.07) is 13.7. The number of carbonyl (C=O) groups is 1. The molecule has 0 radical (unpaired) electrons. The summed E-state index contributed by atoms with van der Waals surface area (Å²) in [4.78, 5) is 16.3. The second-order valence-corrected chi connectivity index (χ2v) is 10.9. The van der Waals surface area contributed by atoms with Crippen molar-refractivity contribution in [2.45, 2.75) is 18.4 Å². The van der Waals surface area contributed by atoms with Crippen molar-refractivity contribution in [3.63, 3.8) is 0 Å². The van der Waals surface area contributed by atoms with Gasteiger partial charge in [-0.25, -0.2) is 17.4 Å². The molecule has 0 aliphatic heterocycles. The lowest BCUT2D eigenvalue weighted by atomic mass is 10.1. The standard InChI is InChI=1S/C27H23N5O5S/c1-16-4-7-19(8-5-16)38(35,36)32-24(11-21-26-17(12-28-27(21)32)13-29-30(26)2)22-14-31(15-25(33)34)23-9-6-18(37-3)10-20(22)23/h4-14H,15H2,1-3H3,(H,33,34). The Morgan fingerprint density at radius 3 is 2.53 bits per heavy atom. The maximum absolute atomic E-state index is 14.2. The van der Waals surface area contributed by atoms with E-state index in [1.54, 1.807) is 83.4 Å². The van der Waals surface area contributed by atoms with Crippen LogP contribution in [0.2, 0.25) is 0 Å². The first-order valence-electron chi connectivity index (χ1n) is 11.7.